The average Bonchev–Trinajstić information content (AvgIpc) is 2.72. The fourth-order valence-electron chi connectivity index (χ4n) is 2.66. The van der Waals surface area contributed by atoms with Crippen LogP contribution in [0.15, 0.2) is 54.6 Å². The minimum absolute atomic E-state index is 0.0135. The summed E-state index contributed by atoms with van der Waals surface area (Å²) in [6.07, 6.45) is 2.13. The largest absolute Gasteiger partial charge is 0.354 e. The summed E-state index contributed by atoms with van der Waals surface area (Å²) in [5.74, 6) is -0.404. The Morgan fingerprint density at radius 3 is 2.17 bits per heavy atom. The van der Waals surface area contributed by atoms with E-state index in [1.54, 1.807) is 24.3 Å². The first-order chi connectivity index (χ1) is 14.0. The monoisotopic (exact) mass is 395 g/mol. The van der Waals surface area contributed by atoms with E-state index in [-0.39, 0.29) is 23.6 Å². The molecule has 0 radical (unpaired) electrons. The number of carbonyl (C=O) groups excluding carboxylic acids is 3. The van der Waals surface area contributed by atoms with Crippen molar-refractivity contribution in [2.75, 3.05) is 18.4 Å². The molecular formula is C23H29N3O3. The summed E-state index contributed by atoms with van der Waals surface area (Å²) < 4.78 is 0. The highest BCUT2D eigenvalue weighted by Gasteiger charge is 2.09. The van der Waals surface area contributed by atoms with Gasteiger partial charge in [0, 0.05) is 36.7 Å². The van der Waals surface area contributed by atoms with E-state index in [0.29, 0.717) is 30.8 Å². The summed E-state index contributed by atoms with van der Waals surface area (Å²) >= 11 is 0. The van der Waals surface area contributed by atoms with Crippen LogP contribution in [0.1, 0.15) is 42.6 Å². The van der Waals surface area contributed by atoms with Gasteiger partial charge in [0.05, 0.1) is 0 Å². The zero-order chi connectivity index (χ0) is 21.1. The molecular weight excluding hydrogens is 366 g/mol. The number of anilines is 1. The standard InChI is InChI=1S/C23H29N3O3/c1-17(2)22(28)26-20-13-11-19(12-14-20)23(29)25-16-15-24-21(27)10-6-9-18-7-4-3-5-8-18/h3-5,7-8,11-14,17H,6,9-10,15-16H2,1-2H3,(H,24,27)(H,25,29)(H,26,28). The Bertz CT molecular complexity index is 802. The molecule has 6 heteroatoms. The Morgan fingerprint density at radius 2 is 1.52 bits per heavy atom. The molecule has 154 valence electrons. The number of carbonyl (C=O) groups is 3. The van der Waals surface area contributed by atoms with E-state index in [9.17, 15) is 14.4 Å². The number of rotatable bonds is 10. The Hall–Kier alpha value is -3.15. The quantitative estimate of drug-likeness (QED) is 0.540. The van der Waals surface area contributed by atoms with Gasteiger partial charge in [0.15, 0.2) is 0 Å². The zero-order valence-electron chi connectivity index (χ0n) is 17.0. The van der Waals surface area contributed by atoms with E-state index < -0.39 is 0 Å². The van der Waals surface area contributed by atoms with Crippen LogP contribution < -0.4 is 16.0 Å². The lowest BCUT2D eigenvalue weighted by Gasteiger charge is -2.09. The van der Waals surface area contributed by atoms with Crippen LogP contribution in [0.4, 0.5) is 5.69 Å². The van der Waals surface area contributed by atoms with Crippen LogP contribution in [0.5, 0.6) is 0 Å². The molecule has 3 N–H and O–H groups in total. The Balaban J connectivity index is 1.62. The van der Waals surface area contributed by atoms with E-state index in [1.165, 1.54) is 5.56 Å². The van der Waals surface area contributed by atoms with Crippen LogP contribution in [-0.2, 0) is 16.0 Å². The summed E-state index contributed by atoms with van der Waals surface area (Å²) in [7, 11) is 0. The van der Waals surface area contributed by atoms with Crippen molar-refractivity contribution in [3.05, 3.63) is 65.7 Å². The molecule has 0 unspecified atom stereocenters. The third-order valence-electron chi connectivity index (χ3n) is 4.38. The smallest absolute Gasteiger partial charge is 0.251 e. The van der Waals surface area contributed by atoms with Gasteiger partial charge in [0.1, 0.15) is 0 Å². The molecule has 0 spiro atoms. The molecule has 0 atom stereocenters. The first-order valence-corrected chi connectivity index (χ1v) is 9.95. The van der Waals surface area contributed by atoms with Gasteiger partial charge in [-0.15, -0.1) is 0 Å². The Labute approximate surface area is 172 Å². The number of hydrogen-bond acceptors (Lipinski definition) is 3. The molecule has 0 aliphatic heterocycles. The van der Waals surface area contributed by atoms with Gasteiger partial charge in [-0.2, -0.15) is 0 Å². The van der Waals surface area contributed by atoms with Crippen molar-refractivity contribution in [3.63, 3.8) is 0 Å². The molecule has 0 aliphatic rings. The maximum atomic E-state index is 12.1. The first-order valence-electron chi connectivity index (χ1n) is 9.95. The molecule has 0 saturated carbocycles. The van der Waals surface area contributed by atoms with E-state index in [0.717, 1.165) is 12.8 Å². The summed E-state index contributed by atoms with van der Waals surface area (Å²) in [6.45, 7) is 4.38. The molecule has 0 aliphatic carbocycles. The van der Waals surface area contributed by atoms with Gasteiger partial charge in [0.2, 0.25) is 11.8 Å². The van der Waals surface area contributed by atoms with E-state index in [4.69, 9.17) is 0 Å². The number of aryl methyl sites for hydroxylation is 1. The Kier molecular flexibility index (Phi) is 8.89. The third kappa shape index (κ3) is 8.17. The number of hydrogen-bond donors (Lipinski definition) is 3. The molecule has 0 heterocycles. The van der Waals surface area contributed by atoms with Crippen molar-refractivity contribution in [1.82, 2.24) is 10.6 Å². The second-order valence-corrected chi connectivity index (χ2v) is 7.17. The lowest BCUT2D eigenvalue weighted by atomic mass is 10.1. The molecule has 0 bridgehead atoms. The summed E-state index contributed by atoms with van der Waals surface area (Å²) in [5.41, 5.74) is 2.38. The second-order valence-electron chi connectivity index (χ2n) is 7.17. The van der Waals surface area contributed by atoms with Crippen LogP contribution in [-0.4, -0.2) is 30.8 Å². The number of benzene rings is 2. The number of nitrogens with one attached hydrogen (secondary N) is 3. The molecule has 0 fully saturated rings. The van der Waals surface area contributed by atoms with E-state index in [1.807, 2.05) is 32.0 Å². The van der Waals surface area contributed by atoms with E-state index >= 15 is 0 Å². The van der Waals surface area contributed by atoms with Crippen LogP contribution in [0.3, 0.4) is 0 Å². The highest BCUT2D eigenvalue weighted by molar-refractivity contribution is 5.96. The van der Waals surface area contributed by atoms with Gasteiger partial charge in [-0.3, -0.25) is 14.4 Å². The summed E-state index contributed by atoms with van der Waals surface area (Å²) in [6, 6.07) is 16.8. The number of amides is 3. The van der Waals surface area contributed by atoms with Gasteiger partial charge in [-0.1, -0.05) is 44.2 Å². The van der Waals surface area contributed by atoms with Crippen molar-refractivity contribution in [1.29, 1.82) is 0 Å². The lowest BCUT2D eigenvalue weighted by molar-refractivity contribution is -0.121. The van der Waals surface area contributed by atoms with E-state index in [2.05, 4.69) is 28.1 Å². The summed E-state index contributed by atoms with van der Waals surface area (Å²) in [5, 5.41) is 8.37. The van der Waals surface area contributed by atoms with Gasteiger partial charge in [-0.05, 0) is 42.7 Å². The average molecular weight is 396 g/mol. The van der Waals surface area contributed by atoms with Gasteiger partial charge < -0.3 is 16.0 Å². The molecule has 2 aromatic carbocycles. The van der Waals surface area contributed by atoms with Crippen LogP contribution >= 0.6 is 0 Å². The fraction of sp³-hybridized carbons (Fsp3) is 0.348. The predicted molar refractivity (Wildman–Crippen MR) is 115 cm³/mol. The third-order valence-corrected chi connectivity index (χ3v) is 4.38. The van der Waals surface area contributed by atoms with Crippen LogP contribution in [0, 0.1) is 5.92 Å². The molecule has 29 heavy (non-hydrogen) atoms. The molecule has 0 aromatic heterocycles. The molecule has 2 rings (SSSR count). The molecule has 0 saturated heterocycles. The fourth-order valence-corrected chi connectivity index (χ4v) is 2.66. The van der Waals surface area contributed by atoms with Gasteiger partial charge in [0.25, 0.3) is 5.91 Å². The first kappa shape index (κ1) is 22.1. The zero-order valence-corrected chi connectivity index (χ0v) is 17.0. The molecule has 3 amide bonds. The maximum Gasteiger partial charge on any atom is 0.251 e. The molecule has 6 nitrogen and oxygen atoms in total. The highest BCUT2D eigenvalue weighted by atomic mass is 16.2. The van der Waals surface area contributed by atoms with Crippen molar-refractivity contribution in [3.8, 4) is 0 Å². The van der Waals surface area contributed by atoms with Crippen molar-refractivity contribution in [2.24, 2.45) is 5.92 Å². The normalized spacial score (nSPS) is 10.4. The minimum atomic E-state index is -0.218. The van der Waals surface area contributed by atoms with Gasteiger partial charge in [-0.25, -0.2) is 0 Å². The lowest BCUT2D eigenvalue weighted by Crippen LogP contribution is -2.34. The molecule has 2 aromatic rings. The second kappa shape index (κ2) is 11.6. The minimum Gasteiger partial charge on any atom is -0.354 e. The van der Waals surface area contributed by atoms with Crippen molar-refractivity contribution < 1.29 is 14.4 Å². The predicted octanol–water partition coefficient (Wildman–Crippen LogP) is 3.15. The van der Waals surface area contributed by atoms with Gasteiger partial charge >= 0.3 is 0 Å². The highest BCUT2D eigenvalue weighted by Crippen LogP contribution is 2.11. The Morgan fingerprint density at radius 1 is 0.862 bits per heavy atom. The SMILES string of the molecule is CC(C)C(=O)Nc1ccc(C(=O)NCCNC(=O)CCCc2ccccc2)cc1. The van der Waals surface area contributed by atoms with Crippen LogP contribution in [0.2, 0.25) is 0 Å². The topological polar surface area (TPSA) is 87.3 Å². The van der Waals surface area contributed by atoms with Crippen molar-refractivity contribution >= 4 is 23.4 Å². The van der Waals surface area contributed by atoms with Crippen molar-refractivity contribution in [2.45, 2.75) is 33.1 Å². The van der Waals surface area contributed by atoms with Crippen LogP contribution in [0.25, 0.3) is 0 Å². The summed E-state index contributed by atoms with van der Waals surface area (Å²) in [4.78, 5) is 35.7. The maximum absolute atomic E-state index is 12.1.